The molecular formula is C15H27N3O. The average molecular weight is 265 g/mol. The second kappa shape index (κ2) is 5.45. The number of nitrogens with zero attached hydrogens (tertiary/aromatic N) is 2. The lowest BCUT2D eigenvalue weighted by Crippen LogP contribution is -2.24. The van der Waals surface area contributed by atoms with Gasteiger partial charge < -0.3 is 10.4 Å². The Hall–Kier alpha value is -1.16. The normalized spacial score (nSPS) is 14.3. The zero-order valence-electron chi connectivity index (χ0n) is 13.2. The van der Waals surface area contributed by atoms with Crippen LogP contribution in [-0.2, 0) is 10.8 Å². The monoisotopic (exact) mass is 265 g/mol. The van der Waals surface area contributed by atoms with Gasteiger partial charge in [0.1, 0.15) is 11.6 Å². The summed E-state index contributed by atoms with van der Waals surface area (Å²) in [6, 6.07) is 1.97. The first-order valence-electron chi connectivity index (χ1n) is 6.82. The van der Waals surface area contributed by atoms with E-state index in [9.17, 15) is 5.11 Å². The van der Waals surface area contributed by atoms with Gasteiger partial charge in [0.05, 0.1) is 11.8 Å². The van der Waals surface area contributed by atoms with E-state index >= 15 is 0 Å². The summed E-state index contributed by atoms with van der Waals surface area (Å²) in [5.74, 6) is 1.61. The first-order chi connectivity index (χ1) is 8.50. The van der Waals surface area contributed by atoms with Crippen LogP contribution in [0, 0.1) is 0 Å². The van der Waals surface area contributed by atoms with Crippen LogP contribution < -0.4 is 5.32 Å². The van der Waals surface area contributed by atoms with Crippen molar-refractivity contribution in [1.29, 1.82) is 0 Å². The molecule has 0 saturated carbocycles. The summed E-state index contributed by atoms with van der Waals surface area (Å²) in [7, 11) is 0. The second-order valence-electron chi connectivity index (χ2n) is 7.19. The fraction of sp³-hybridized carbons (Fsp3) is 0.733. The molecule has 0 spiro atoms. The van der Waals surface area contributed by atoms with Crippen molar-refractivity contribution >= 4 is 5.82 Å². The first-order valence-corrected chi connectivity index (χ1v) is 6.82. The Kier molecular flexibility index (Phi) is 4.56. The third-order valence-electron chi connectivity index (χ3n) is 2.74. The highest BCUT2D eigenvalue weighted by molar-refractivity contribution is 5.39. The van der Waals surface area contributed by atoms with Gasteiger partial charge in [0, 0.05) is 23.4 Å². The molecule has 1 unspecified atom stereocenters. The summed E-state index contributed by atoms with van der Waals surface area (Å²) in [5.41, 5.74) is 0.896. The van der Waals surface area contributed by atoms with Crippen LogP contribution in [0.4, 0.5) is 5.82 Å². The standard InChI is InChI=1S/C15H27N3O/c1-10(19)9-16-12-8-11(14(2,3)4)17-13(18-12)15(5,6)7/h8,10,19H,9H2,1-7H3,(H,16,17,18). The molecule has 0 aliphatic rings. The van der Waals surface area contributed by atoms with Gasteiger partial charge in [-0.1, -0.05) is 41.5 Å². The molecule has 2 N–H and O–H groups in total. The molecule has 0 aliphatic carbocycles. The Labute approximate surface area is 116 Å². The zero-order chi connectivity index (χ0) is 14.8. The number of hydrogen-bond acceptors (Lipinski definition) is 4. The summed E-state index contributed by atoms with van der Waals surface area (Å²) >= 11 is 0. The highest BCUT2D eigenvalue weighted by Crippen LogP contribution is 2.26. The molecule has 4 nitrogen and oxygen atoms in total. The second-order valence-corrected chi connectivity index (χ2v) is 7.19. The van der Waals surface area contributed by atoms with Crippen LogP contribution in [-0.4, -0.2) is 27.7 Å². The predicted octanol–water partition coefficient (Wildman–Crippen LogP) is 2.86. The minimum atomic E-state index is -0.397. The van der Waals surface area contributed by atoms with Crippen LogP contribution in [0.3, 0.4) is 0 Å². The Morgan fingerprint density at radius 1 is 1.11 bits per heavy atom. The molecule has 4 heteroatoms. The summed E-state index contributed by atoms with van der Waals surface area (Å²) in [4.78, 5) is 9.25. The third-order valence-corrected chi connectivity index (χ3v) is 2.74. The van der Waals surface area contributed by atoms with E-state index in [1.807, 2.05) is 6.07 Å². The van der Waals surface area contributed by atoms with Crippen molar-refractivity contribution in [3.05, 3.63) is 17.6 Å². The first kappa shape index (κ1) is 15.9. The maximum Gasteiger partial charge on any atom is 0.136 e. The number of hydrogen-bond donors (Lipinski definition) is 2. The van der Waals surface area contributed by atoms with E-state index in [-0.39, 0.29) is 10.8 Å². The van der Waals surface area contributed by atoms with Crippen LogP contribution in [0.25, 0.3) is 0 Å². The molecule has 0 fully saturated rings. The van der Waals surface area contributed by atoms with E-state index in [2.05, 4.69) is 56.8 Å². The molecular weight excluding hydrogens is 238 g/mol. The van der Waals surface area contributed by atoms with Gasteiger partial charge in [0.15, 0.2) is 0 Å². The minimum Gasteiger partial charge on any atom is -0.392 e. The maximum absolute atomic E-state index is 9.37. The van der Waals surface area contributed by atoms with E-state index < -0.39 is 6.10 Å². The summed E-state index contributed by atoms with van der Waals surface area (Å²) in [6.45, 7) is 15.0. The van der Waals surface area contributed by atoms with Gasteiger partial charge in [0.2, 0.25) is 0 Å². The molecule has 0 aliphatic heterocycles. The molecule has 0 radical (unpaired) electrons. The molecule has 0 saturated heterocycles. The number of aliphatic hydroxyl groups excluding tert-OH is 1. The largest absolute Gasteiger partial charge is 0.392 e. The van der Waals surface area contributed by atoms with E-state index in [1.165, 1.54) is 0 Å². The molecule has 0 amide bonds. The maximum atomic E-state index is 9.37. The van der Waals surface area contributed by atoms with Crippen molar-refractivity contribution < 1.29 is 5.11 Å². The van der Waals surface area contributed by atoms with Crippen LogP contribution in [0.15, 0.2) is 6.07 Å². The van der Waals surface area contributed by atoms with E-state index in [1.54, 1.807) is 6.92 Å². The molecule has 0 aromatic carbocycles. The molecule has 1 aromatic rings. The smallest absolute Gasteiger partial charge is 0.136 e. The van der Waals surface area contributed by atoms with Crippen molar-refractivity contribution in [3.63, 3.8) is 0 Å². The van der Waals surface area contributed by atoms with Crippen molar-refractivity contribution in [2.45, 2.75) is 65.4 Å². The Morgan fingerprint density at radius 2 is 1.68 bits per heavy atom. The lowest BCUT2D eigenvalue weighted by molar-refractivity contribution is 0.208. The fourth-order valence-corrected chi connectivity index (χ4v) is 1.51. The third kappa shape index (κ3) is 4.78. The van der Waals surface area contributed by atoms with E-state index in [4.69, 9.17) is 0 Å². The number of anilines is 1. The molecule has 0 bridgehead atoms. The molecule has 1 rings (SSSR count). The number of nitrogens with one attached hydrogen (secondary N) is 1. The number of aromatic nitrogens is 2. The van der Waals surface area contributed by atoms with Crippen molar-refractivity contribution in [3.8, 4) is 0 Å². The number of aliphatic hydroxyl groups is 1. The molecule has 19 heavy (non-hydrogen) atoms. The Bertz CT molecular complexity index is 396. The molecule has 1 atom stereocenters. The van der Waals surface area contributed by atoms with Gasteiger partial charge in [-0.05, 0) is 6.92 Å². The lowest BCUT2D eigenvalue weighted by atomic mass is 9.90. The predicted molar refractivity (Wildman–Crippen MR) is 79.6 cm³/mol. The highest BCUT2D eigenvalue weighted by Gasteiger charge is 2.23. The minimum absolute atomic E-state index is 0.0236. The van der Waals surface area contributed by atoms with Crippen LogP contribution in [0.2, 0.25) is 0 Å². The molecule has 1 heterocycles. The van der Waals surface area contributed by atoms with Crippen LogP contribution in [0.1, 0.15) is 60.0 Å². The topological polar surface area (TPSA) is 58.0 Å². The van der Waals surface area contributed by atoms with E-state index in [0.717, 1.165) is 17.3 Å². The lowest BCUT2D eigenvalue weighted by Gasteiger charge is -2.24. The van der Waals surface area contributed by atoms with Gasteiger partial charge in [-0.2, -0.15) is 0 Å². The highest BCUT2D eigenvalue weighted by atomic mass is 16.3. The Morgan fingerprint density at radius 3 is 2.11 bits per heavy atom. The van der Waals surface area contributed by atoms with Gasteiger partial charge in [-0.3, -0.25) is 0 Å². The van der Waals surface area contributed by atoms with Gasteiger partial charge in [0.25, 0.3) is 0 Å². The van der Waals surface area contributed by atoms with Crippen molar-refractivity contribution in [2.75, 3.05) is 11.9 Å². The summed E-state index contributed by atoms with van der Waals surface area (Å²) < 4.78 is 0. The van der Waals surface area contributed by atoms with Crippen molar-refractivity contribution in [1.82, 2.24) is 9.97 Å². The van der Waals surface area contributed by atoms with Gasteiger partial charge in [-0.15, -0.1) is 0 Å². The number of rotatable bonds is 3. The molecule has 108 valence electrons. The molecule has 1 aromatic heterocycles. The summed E-state index contributed by atoms with van der Waals surface area (Å²) in [5, 5.41) is 12.5. The fourth-order valence-electron chi connectivity index (χ4n) is 1.51. The van der Waals surface area contributed by atoms with Crippen LogP contribution in [0.5, 0.6) is 0 Å². The van der Waals surface area contributed by atoms with E-state index in [0.29, 0.717) is 6.54 Å². The quantitative estimate of drug-likeness (QED) is 0.882. The average Bonchev–Trinajstić information content (AvgIpc) is 2.23. The van der Waals surface area contributed by atoms with Gasteiger partial charge >= 0.3 is 0 Å². The zero-order valence-corrected chi connectivity index (χ0v) is 13.2. The van der Waals surface area contributed by atoms with Gasteiger partial charge in [-0.25, -0.2) is 9.97 Å². The summed E-state index contributed by atoms with van der Waals surface area (Å²) in [6.07, 6.45) is -0.397. The van der Waals surface area contributed by atoms with Crippen molar-refractivity contribution in [2.24, 2.45) is 0 Å². The van der Waals surface area contributed by atoms with Crippen LogP contribution >= 0.6 is 0 Å². The SMILES string of the molecule is CC(O)CNc1cc(C(C)(C)C)nc(C(C)(C)C)n1. The Balaban J connectivity index is 3.17.